The lowest BCUT2D eigenvalue weighted by Crippen LogP contribution is -2.22. The fraction of sp³-hybridized carbons (Fsp3) is 0.462. The van der Waals surface area contributed by atoms with Crippen molar-refractivity contribution in [3.05, 3.63) is 24.4 Å². The molecular weight excluding hydrogens is 198 g/mol. The highest BCUT2D eigenvalue weighted by molar-refractivity contribution is 5.81. The number of aromatic amines is 1. The van der Waals surface area contributed by atoms with Gasteiger partial charge in [0.2, 0.25) is 0 Å². The number of nitrogens with one attached hydrogen (secondary N) is 2. The fourth-order valence-electron chi connectivity index (χ4n) is 2.51. The summed E-state index contributed by atoms with van der Waals surface area (Å²) in [7, 11) is 0. The molecule has 0 aliphatic heterocycles. The van der Waals surface area contributed by atoms with Gasteiger partial charge in [0.05, 0.1) is 11.7 Å². The summed E-state index contributed by atoms with van der Waals surface area (Å²) in [6.07, 6.45) is 8.60. The third-order valence-electron chi connectivity index (χ3n) is 3.42. The molecule has 0 saturated heterocycles. The van der Waals surface area contributed by atoms with Gasteiger partial charge in [-0.2, -0.15) is 5.10 Å². The van der Waals surface area contributed by atoms with Gasteiger partial charge in [-0.1, -0.05) is 19.3 Å². The molecule has 0 atom stereocenters. The van der Waals surface area contributed by atoms with Crippen molar-refractivity contribution in [1.29, 1.82) is 0 Å². The lowest BCUT2D eigenvalue weighted by Gasteiger charge is -2.23. The summed E-state index contributed by atoms with van der Waals surface area (Å²) in [5.41, 5.74) is 2.32. The molecule has 1 fully saturated rings. The molecular formula is C13H17N3. The Balaban J connectivity index is 1.77. The van der Waals surface area contributed by atoms with Crippen molar-refractivity contribution in [1.82, 2.24) is 10.2 Å². The zero-order valence-corrected chi connectivity index (χ0v) is 9.37. The van der Waals surface area contributed by atoms with Crippen LogP contribution < -0.4 is 5.32 Å². The second-order valence-electron chi connectivity index (χ2n) is 4.65. The highest BCUT2D eigenvalue weighted by Gasteiger charge is 2.12. The summed E-state index contributed by atoms with van der Waals surface area (Å²) in [6, 6.07) is 7.07. The number of rotatable bonds is 2. The number of fused-ring (bicyclic) bond motifs is 1. The number of anilines is 1. The van der Waals surface area contributed by atoms with Crippen LogP contribution in [0.3, 0.4) is 0 Å². The van der Waals surface area contributed by atoms with Gasteiger partial charge in [-0.3, -0.25) is 5.10 Å². The van der Waals surface area contributed by atoms with E-state index >= 15 is 0 Å². The molecule has 1 aromatic carbocycles. The van der Waals surface area contributed by atoms with Crippen LogP contribution in [0.4, 0.5) is 5.69 Å². The first-order valence-electron chi connectivity index (χ1n) is 6.11. The molecule has 2 aromatic rings. The second-order valence-corrected chi connectivity index (χ2v) is 4.65. The van der Waals surface area contributed by atoms with Crippen LogP contribution in [-0.4, -0.2) is 16.2 Å². The van der Waals surface area contributed by atoms with Crippen molar-refractivity contribution in [3.63, 3.8) is 0 Å². The lowest BCUT2D eigenvalue weighted by molar-refractivity contribution is 0.463. The quantitative estimate of drug-likeness (QED) is 0.807. The van der Waals surface area contributed by atoms with Gasteiger partial charge in [-0.15, -0.1) is 0 Å². The minimum atomic E-state index is 0.661. The van der Waals surface area contributed by atoms with Gasteiger partial charge >= 0.3 is 0 Å². The smallest absolute Gasteiger partial charge is 0.0670 e. The van der Waals surface area contributed by atoms with Crippen molar-refractivity contribution in [3.8, 4) is 0 Å². The predicted molar refractivity (Wildman–Crippen MR) is 66.6 cm³/mol. The van der Waals surface area contributed by atoms with Crippen LogP contribution in [0.2, 0.25) is 0 Å². The van der Waals surface area contributed by atoms with Gasteiger partial charge in [0.15, 0.2) is 0 Å². The Morgan fingerprint density at radius 1 is 1.19 bits per heavy atom. The van der Waals surface area contributed by atoms with Gasteiger partial charge in [-0.05, 0) is 31.0 Å². The van der Waals surface area contributed by atoms with E-state index in [4.69, 9.17) is 0 Å². The van der Waals surface area contributed by atoms with Crippen LogP contribution in [0.15, 0.2) is 24.4 Å². The van der Waals surface area contributed by atoms with Crippen molar-refractivity contribution in [2.75, 3.05) is 5.32 Å². The molecule has 0 amide bonds. The van der Waals surface area contributed by atoms with Crippen molar-refractivity contribution < 1.29 is 0 Å². The van der Waals surface area contributed by atoms with E-state index in [-0.39, 0.29) is 0 Å². The predicted octanol–water partition coefficient (Wildman–Crippen LogP) is 3.31. The van der Waals surface area contributed by atoms with Crippen LogP contribution in [0.25, 0.3) is 10.9 Å². The zero-order valence-electron chi connectivity index (χ0n) is 9.37. The van der Waals surface area contributed by atoms with Crippen LogP contribution in [0.5, 0.6) is 0 Å². The Bertz CT molecular complexity index is 469. The minimum absolute atomic E-state index is 0.661. The number of aromatic nitrogens is 2. The largest absolute Gasteiger partial charge is 0.382 e. The second kappa shape index (κ2) is 4.16. The average molecular weight is 215 g/mol. The summed E-state index contributed by atoms with van der Waals surface area (Å²) in [5, 5.41) is 11.8. The monoisotopic (exact) mass is 215 g/mol. The third-order valence-corrected chi connectivity index (χ3v) is 3.42. The van der Waals surface area contributed by atoms with Gasteiger partial charge in [0.1, 0.15) is 0 Å². The van der Waals surface area contributed by atoms with E-state index in [1.54, 1.807) is 0 Å². The first-order valence-corrected chi connectivity index (χ1v) is 6.11. The Kier molecular flexibility index (Phi) is 2.52. The van der Waals surface area contributed by atoms with Crippen LogP contribution in [0.1, 0.15) is 32.1 Å². The Labute approximate surface area is 95.2 Å². The van der Waals surface area contributed by atoms with Crippen molar-refractivity contribution in [2.45, 2.75) is 38.1 Å². The molecule has 3 heteroatoms. The lowest BCUT2D eigenvalue weighted by atomic mass is 9.95. The number of hydrogen-bond acceptors (Lipinski definition) is 2. The summed E-state index contributed by atoms with van der Waals surface area (Å²) < 4.78 is 0. The molecule has 1 aromatic heterocycles. The normalized spacial score (nSPS) is 17.8. The summed E-state index contributed by atoms with van der Waals surface area (Å²) in [4.78, 5) is 0. The van der Waals surface area contributed by atoms with E-state index in [2.05, 4.69) is 33.7 Å². The maximum absolute atomic E-state index is 4.04. The molecule has 0 unspecified atom stereocenters. The van der Waals surface area contributed by atoms with Crippen LogP contribution in [-0.2, 0) is 0 Å². The Hall–Kier alpha value is -1.51. The molecule has 3 nitrogen and oxygen atoms in total. The summed E-state index contributed by atoms with van der Waals surface area (Å²) in [6.45, 7) is 0. The van der Waals surface area contributed by atoms with E-state index in [0.717, 1.165) is 5.52 Å². The molecule has 1 aliphatic rings. The molecule has 0 bridgehead atoms. The Morgan fingerprint density at radius 2 is 2.06 bits per heavy atom. The molecule has 2 N–H and O–H groups in total. The molecule has 16 heavy (non-hydrogen) atoms. The van der Waals surface area contributed by atoms with Crippen LogP contribution in [0, 0.1) is 0 Å². The maximum atomic E-state index is 4.04. The molecule has 0 spiro atoms. The van der Waals surface area contributed by atoms with Gasteiger partial charge in [0, 0.05) is 17.1 Å². The first kappa shape index (κ1) is 9.70. The number of hydrogen-bond donors (Lipinski definition) is 2. The number of nitrogens with zero attached hydrogens (tertiary/aromatic N) is 1. The van der Waals surface area contributed by atoms with E-state index in [1.807, 2.05) is 6.20 Å². The van der Waals surface area contributed by atoms with E-state index in [1.165, 1.54) is 43.2 Å². The minimum Gasteiger partial charge on any atom is -0.382 e. The number of benzene rings is 1. The molecule has 1 saturated carbocycles. The number of H-pyrrole nitrogens is 1. The highest BCUT2D eigenvalue weighted by Crippen LogP contribution is 2.23. The molecule has 1 aliphatic carbocycles. The molecule has 1 heterocycles. The average Bonchev–Trinajstić information content (AvgIpc) is 2.77. The Morgan fingerprint density at radius 3 is 2.94 bits per heavy atom. The SMILES string of the molecule is c1cc2cn[nH]c2cc1NC1CCCCC1. The third kappa shape index (κ3) is 1.90. The fourth-order valence-corrected chi connectivity index (χ4v) is 2.51. The summed E-state index contributed by atoms with van der Waals surface area (Å²) >= 11 is 0. The maximum Gasteiger partial charge on any atom is 0.0670 e. The standard InChI is InChI=1S/C13H17N3/c1-2-4-11(5-3-1)15-12-7-6-10-9-14-16-13(10)8-12/h6-9,11,15H,1-5H2,(H,14,16). The van der Waals surface area contributed by atoms with Gasteiger partial charge < -0.3 is 5.32 Å². The zero-order chi connectivity index (χ0) is 10.8. The molecule has 3 rings (SSSR count). The van der Waals surface area contributed by atoms with E-state index in [0.29, 0.717) is 6.04 Å². The van der Waals surface area contributed by atoms with Gasteiger partial charge in [0.25, 0.3) is 0 Å². The van der Waals surface area contributed by atoms with Gasteiger partial charge in [-0.25, -0.2) is 0 Å². The first-order chi connectivity index (χ1) is 7.92. The van der Waals surface area contributed by atoms with Crippen molar-refractivity contribution >= 4 is 16.6 Å². The van der Waals surface area contributed by atoms with Crippen LogP contribution >= 0.6 is 0 Å². The molecule has 0 radical (unpaired) electrons. The van der Waals surface area contributed by atoms with Crippen molar-refractivity contribution in [2.24, 2.45) is 0 Å². The summed E-state index contributed by atoms with van der Waals surface area (Å²) in [5.74, 6) is 0. The van der Waals surface area contributed by atoms with E-state index < -0.39 is 0 Å². The van der Waals surface area contributed by atoms with E-state index in [9.17, 15) is 0 Å². The highest BCUT2D eigenvalue weighted by atomic mass is 15.1. The topological polar surface area (TPSA) is 40.7 Å². The molecule has 84 valence electrons.